The normalized spacial score (nSPS) is 22.0. The van der Waals surface area contributed by atoms with E-state index in [0.717, 1.165) is 11.3 Å². The highest BCUT2D eigenvalue weighted by Crippen LogP contribution is 2.41. The molecule has 3 rings (SSSR count). The van der Waals surface area contributed by atoms with Crippen molar-refractivity contribution < 1.29 is 19.4 Å². The first-order chi connectivity index (χ1) is 13.2. The summed E-state index contributed by atoms with van der Waals surface area (Å²) in [7, 11) is 0. The van der Waals surface area contributed by atoms with Crippen molar-refractivity contribution in [1.82, 2.24) is 4.98 Å². The molecule has 1 amide bonds. The molecule has 3 atom stereocenters. The summed E-state index contributed by atoms with van der Waals surface area (Å²) in [5, 5.41) is 14.1. The van der Waals surface area contributed by atoms with Crippen molar-refractivity contribution >= 4 is 22.9 Å². The summed E-state index contributed by atoms with van der Waals surface area (Å²) in [6.07, 6.45) is 5.98. The fourth-order valence-electron chi connectivity index (χ4n) is 3.20. The molecule has 2 aromatic heterocycles. The average Bonchev–Trinajstić information content (AvgIpc) is 3.22. The molecular formula is C20H24N2O4S. The number of aliphatic hydroxyl groups excluding tert-OH is 1. The number of thiophene rings is 1. The van der Waals surface area contributed by atoms with Crippen molar-refractivity contribution in [2.24, 2.45) is 5.92 Å². The minimum absolute atomic E-state index is 0.00324. The molecule has 0 bridgehead atoms. The van der Waals surface area contributed by atoms with Gasteiger partial charge >= 0.3 is 0 Å². The van der Waals surface area contributed by atoms with Gasteiger partial charge in [-0.3, -0.25) is 9.78 Å². The maximum atomic E-state index is 12.7. The summed E-state index contributed by atoms with van der Waals surface area (Å²) in [5.41, 5.74) is 0.607. The van der Waals surface area contributed by atoms with Crippen molar-refractivity contribution in [2.75, 3.05) is 18.5 Å². The summed E-state index contributed by atoms with van der Waals surface area (Å²) >= 11 is 1.64. The third kappa shape index (κ3) is 4.94. The van der Waals surface area contributed by atoms with Crippen LogP contribution in [0.25, 0.3) is 0 Å². The smallest absolute Gasteiger partial charge is 0.290 e. The number of pyridine rings is 1. The van der Waals surface area contributed by atoms with Crippen LogP contribution in [0, 0.1) is 5.92 Å². The summed E-state index contributed by atoms with van der Waals surface area (Å²) in [6, 6.07) is 7.59. The lowest BCUT2D eigenvalue weighted by atomic mass is 9.84. The summed E-state index contributed by atoms with van der Waals surface area (Å²) in [6.45, 7) is 2.50. The van der Waals surface area contributed by atoms with Gasteiger partial charge in [-0.25, -0.2) is 0 Å². The zero-order chi connectivity index (χ0) is 19.1. The number of hydrogen-bond acceptors (Lipinski definition) is 6. The molecule has 0 saturated carbocycles. The first kappa shape index (κ1) is 19.5. The Balaban J connectivity index is 1.87. The van der Waals surface area contributed by atoms with Crippen LogP contribution in [-0.2, 0) is 14.3 Å². The number of allylic oxidation sites excluding steroid dienone is 1. The predicted molar refractivity (Wildman–Crippen MR) is 104 cm³/mol. The van der Waals surface area contributed by atoms with Crippen LogP contribution in [-0.4, -0.2) is 35.5 Å². The van der Waals surface area contributed by atoms with E-state index >= 15 is 0 Å². The van der Waals surface area contributed by atoms with Gasteiger partial charge in [-0.05, 0) is 49.4 Å². The third-order valence-corrected chi connectivity index (χ3v) is 5.40. The predicted octanol–water partition coefficient (Wildman–Crippen LogP) is 3.53. The van der Waals surface area contributed by atoms with E-state index < -0.39 is 6.29 Å². The molecule has 27 heavy (non-hydrogen) atoms. The van der Waals surface area contributed by atoms with Crippen molar-refractivity contribution in [1.29, 1.82) is 0 Å². The van der Waals surface area contributed by atoms with E-state index in [1.807, 2.05) is 24.4 Å². The highest BCUT2D eigenvalue weighted by Gasteiger charge is 2.38. The Hall–Kier alpha value is -2.22. The van der Waals surface area contributed by atoms with Crippen LogP contribution < -0.4 is 5.32 Å². The van der Waals surface area contributed by atoms with Gasteiger partial charge < -0.3 is 19.9 Å². The molecule has 6 nitrogen and oxygen atoms in total. The molecule has 0 radical (unpaired) electrons. The van der Waals surface area contributed by atoms with Crippen LogP contribution in [0.3, 0.4) is 0 Å². The number of anilines is 1. The second-order valence-electron chi connectivity index (χ2n) is 6.24. The number of amides is 1. The Kier molecular flexibility index (Phi) is 6.98. The van der Waals surface area contributed by atoms with E-state index in [1.54, 1.807) is 35.9 Å². The van der Waals surface area contributed by atoms with E-state index in [1.165, 1.54) is 0 Å². The Bertz CT molecular complexity index is 749. The van der Waals surface area contributed by atoms with Gasteiger partial charge in [-0.2, -0.15) is 0 Å². The Morgan fingerprint density at radius 2 is 2.30 bits per heavy atom. The fraction of sp³-hybridized carbons (Fsp3) is 0.400. The first-order valence-corrected chi connectivity index (χ1v) is 9.96. The second-order valence-corrected chi connectivity index (χ2v) is 7.22. The minimum atomic E-state index is -0.534. The van der Waals surface area contributed by atoms with Crippen molar-refractivity contribution in [3.8, 4) is 0 Å². The van der Waals surface area contributed by atoms with Crippen LogP contribution in [0.5, 0.6) is 0 Å². The minimum Gasteiger partial charge on any atom is -0.459 e. The van der Waals surface area contributed by atoms with Crippen LogP contribution in [0.2, 0.25) is 0 Å². The topological polar surface area (TPSA) is 80.7 Å². The Morgan fingerprint density at radius 3 is 2.96 bits per heavy atom. The van der Waals surface area contributed by atoms with Crippen LogP contribution in [0.15, 0.2) is 53.9 Å². The molecule has 2 aromatic rings. The summed E-state index contributed by atoms with van der Waals surface area (Å²) in [4.78, 5) is 17.9. The number of nitrogens with zero attached hydrogens (tertiary/aromatic N) is 1. The molecule has 0 aliphatic carbocycles. The zero-order valence-corrected chi connectivity index (χ0v) is 16.0. The maximum absolute atomic E-state index is 12.7. The molecule has 144 valence electrons. The number of carbonyl (C=O) groups is 1. The van der Waals surface area contributed by atoms with Gasteiger partial charge in [0.1, 0.15) is 0 Å². The average molecular weight is 388 g/mol. The molecule has 1 aliphatic heterocycles. The van der Waals surface area contributed by atoms with Crippen molar-refractivity contribution in [2.45, 2.75) is 32.0 Å². The highest BCUT2D eigenvalue weighted by molar-refractivity contribution is 7.10. The number of aromatic nitrogens is 1. The SMILES string of the molecule is CCO[C@H]1OC(C(=O)Nc2cccnc2)=C[C@@H](c2cccs2)[C@H]1CCCO. The molecule has 7 heteroatoms. The Morgan fingerprint density at radius 1 is 1.41 bits per heavy atom. The quantitative estimate of drug-likeness (QED) is 0.723. The molecule has 0 spiro atoms. The standard InChI is InChI=1S/C20H24N2O4S/c1-2-25-20-15(7-4-10-23)16(18-8-5-11-27-18)12-17(26-20)19(24)22-14-6-3-9-21-13-14/h3,5-6,8-9,11-13,15-16,20,23H,2,4,7,10H2,1H3,(H,22,24)/t15-,16-,20+/m1/s1. The third-order valence-electron chi connectivity index (χ3n) is 4.43. The van der Waals surface area contributed by atoms with E-state index in [9.17, 15) is 9.90 Å². The molecule has 2 N–H and O–H groups in total. The van der Waals surface area contributed by atoms with Crippen LogP contribution in [0.1, 0.15) is 30.6 Å². The molecule has 0 unspecified atom stereocenters. The van der Waals surface area contributed by atoms with Crippen molar-refractivity contribution in [3.63, 3.8) is 0 Å². The number of rotatable bonds is 8. The van der Waals surface area contributed by atoms with Gasteiger partial charge in [0.05, 0.1) is 11.9 Å². The van der Waals surface area contributed by atoms with Gasteiger partial charge in [0, 0.05) is 36.1 Å². The summed E-state index contributed by atoms with van der Waals surface area (Å²) < 4.78 is 11.7. The van der Waals surface area contributed by atoms with Gasteiger partial charge in [0.25, 0.3) is 5.91 Å². The number of carbonyl (C=O) groups excluding carboxylic acids is 1. The number of ether oxygens (including phenoxy) is 2. The number of hydrogen-bond donors (Lipinski definition) is 2. The summed E-state index contributed by atoms with van der Waals surface area (Å²) in [5.74, 6) is -0.0481. The van der Waals surface area contributed by atoms with Gasteiger partial charge in [-0.1, -0.05) is 6.07 Å². The van der Waals surface area contributed by atoms with E-state index in [0.29, 0.717) is 18.7 Å². The molecule has 1 aliphatic rings. The number of aliphatic hydroxyl groups is 1. The highest BCUT2D eigenvalue weighted by atomic mass is 32.1. The second kappa shape index (κ2) is 9.64. The van der Waals surface area contributed by atoms with E-state index in [2.05, 4.69) is 16.4 Å². The lowest BCUT2D eigenvalue weighted by Gasteiger charge is -2.36. The van der Waals surface area contributed by atoms with Gasteiger partial charge in [0.15, 0.2) is 5.76 Å². The van der Waals surface area contributed by atoms with Crippen LogP contribution >= 0.6 is 11.3 Å². The largest absolute Gasteiger partial charge is 0.459 e. The monoisotopic (exact) mass is 388 g/mol. The molecule has 0 saturated heterocycles. The Labute approximate surface area is 162 Å². The van der Waals surface area contributed by atoms with E-state index in [4.69, 9.17) is 9.47 Å². The number of nitrogens with one attached hydrogen (secondary N) is 1. The molecular weight excluding hydrogens is 364 g/mol. The lowest BCUT2D eigenvalue weighted by Crippen LogP contribution is -2.37. The molecule has 0 fully saturated rings. The maximum Gasteiger partial charge on any atom is 0.290 e. The van der Waals surface area contributed by atoms with Gasteiger partial charge in [-0.15, -0.1) is 11.3 Å². The van der Waals surface area contributed by atoms with Crippen molar-refractivity contribution in [3.05, 3.63) is 58.8 Å². The molecule has 0 aromatic carbocycles. The first-order valence-electron chi connectivity index (χ1n) is 9.08. The van der Waals surface area contributed by atoms with Gasteiger partial charge in [0.2, 0.25) is 6.29 Å². The fourth-order valence-corrected chi connectivity index (χ4v) is 4.08. The van der Waals surface area contributed by atoms with E-state index in [-0.39, 0.29) is 30.1 Å². The molecule has 3 heterocycles. The lowest BCUT2D eigenvalue weighted by molar-refractivity contribution is -0.164. The van der Waals surface area contributed by atoms with Crippen LogP contribution in [0.4, 0.5) is 5.69 Å². The zero-order valence-electron chi connectivity index (χ0n) is 15.2.